The molecule has 0 saturated heterocycles. The number of nitrogens with zero attached hydrogens (tertiary/aromatic N) is 3. The Morgan fingerprint density at radius 2 is 2.08 bits per heavy atom. The van der Waals surface area contributed by atoms with Gasteiger partial charge in [0.15, 0.2) is 0 Å². The SMILES string of the molecule is Cc1noc(C)c1COc1ccc([C@H]2CC(=O)Nc3c2cnn3C)cc1. The number of amides is 1. The van der Waals surface area contributed by atoms with E-state index in [1.807, 2.05) is 51.4 Å². The number of ether oxygens (including phenoxy) is 1. The Morgan fingerprint density at radius 3 is 2.77 bits per heavy atom. The lowest BCUT2D eigenvalue weighted by Crippen LogP contribution is -2.24. The zero-order valence-corrected chi connectivity index (χ0v) is 14.9. The summed E-state index contributed by atoms with van der Waals surface area (Å²) in [5.41, 5.74) is 3.92. The van der Waals surface area contributed by atoms with Gasteiger partial charge in [0.25, 0.3) is 0 Å². The minimum Gasteiger partial charge on any atom is -0.489 e. The lowest BCUT2D eigenvalue weighted by Gasteiger charge is -2.23. The molecule has 26 heavy (non-hydrogen) atoms. The Balaban J connectivity index is 1.52. The molecule has 0 saturated carbocycles. The molecule has 0 radical (unpaired) electrons. The fourth-order valence-electron chi connectivity index (χ4n) is 3.30. The predicted molar refractivity (Wildman–Crippen MR) is 95.0 cm³/mol. The van der Waals surface area contributed by atoms with Crippen molar-refractivity contribution in [2.75, 3.05) is 5.32 Å². The average Bonchev–Trinajstić information content (AvgIpc) is 3.16. The van der Waals surface area contributed by atoms with Crippen molar-refractivity contribution < 1.29 is 14.1 Å². The standard InChI is InChI=1S/C19H20N4O3/c1-11-17(12(2)26-22-11)10-25-14-6-4-13(5-7-14)15-8-18(24)21-19-16(15)9-20-23(19)3/h4-7,9,15H,8,10H2,1-3H3,(H,21,24)/t15-/m1/s1. The maximum absolute atomic E-state index is 12.0. The maximum Gasteiger partial charge on any atom is 0.226 e. The molecule has 3 heterocycles. The first-order chi connectivity index (χ1) is 12.5. The molecule has 1 N–H and O–H groups in total. The second-order valence-corrected chi connectivity index (χ2v) is 6.54. The van der Waals surface area contributed by atoms with Crippen LogP contribution >= 0.6 is 0 Å². The van der Waals surface area contributed by atoms with E-state index in [1.165, 1.54) is 0 Å². The fraction of sp³-hybridized carbons (Fsp3) is 0.316. The van der Waals surface area contributed by atoms with Gasteiger partial charge in [-0.2, -0.15) is 5.10 Å². The molecule has 1 amide bonds. The van der Waals surface area contributed by atoms with Gasteiger partial charge in [0.05, 0.1) is 17.5 Å². The second-order valence-electron chi connectivity index (χ2n) is 6.54. The molecule has 0 unspecified atom stereocenters. The van der Waals surface area contributed by atoms with Crippen molar-refractivity contribution in [2.45, 2.75) is 32.8 Å². The van der Waals surface area contributed by atoms with Crippen molar-refractivity contribution in [3.8, 4) is 5.75 Å². The van der Waals surface area contributed by atoms with Crippen LogP contribution in [0.3, 0.4) is 0 Å². The van der Waals surface area contributed by atoms with Crippen LogP contribution in [0.1, 0.15) is 40.5 Å². The van der Waals surface area contributed by atoms with Crippen LogP contribution in [0.4, 0.5) is 5.82 Å². The molecule has 3 aromatic rings. The van der Waals surface area contributed by atoms with Gasteiger partial charge in [0, 0.05) is 24.9 Å². The second kappa shape index (κ2) is 6.33. The van der Waals surface area contributed by atoms with E-state index in [0.29, 0.717) is 13.0 Å². The molecule has 0 bridgehead atoms. The molecular weight excluding hydrogens is 332 g/mol. The van der Waals surface area contributed by atoms with Gasteiger partial charge in [-0.15, -0.1) is 0 Å². The molecule has 7 nitrogen and oxygen atoms in total. The smallest absolute Gasteiger partial charge is 0.226 e. The number of rotatable bonds is 4. The van der Waals surface area contributed by atoms with Crippen molar-refractivity contribution in [1.29, 1.82) is 0 Å². The fourth-order valence-corrected chi connectivity index (χ4v) is 3.30. The Kier molecular flexibility index (Phi) is 3.99. The number of anilines is 1. The van der Waals surface area contributed by atoms with Gasteiger partial charge in [-0.25, -0.2) is 0 Å². The molecule has 4 rings (SSSR count). The number of hydrogen-bond donors (Lipinski definition) is 1. The molecule has 134 valence electrons. The summed E-state index contributed by atoms with van der Waals surface area (Å²) in [4.78, 5) is 12.0. The number of hydrogen-bond acceptors (Lipinski definition) is 5. The van der Waals surface area contributed by atoms with Crippen LogP contribution in [0, 0.1) is 13.8 Å². The minimum atomic E-state index is 0.00376. The molecule has 1 aromatic carbocycles. The molecule has 7 heteroatoms. The summed E-state index contributed by atoms with van der Waals surface area (Å²) in [6.07, 6.45) is 2.24. The Morgan fingerprint density at radius 1 is 1.31 bits per heavy atom. The Bertz CT molecular complexity index is 936. The summed E-state index contributed by atoms with van der Waals surface area (Å²) in [7, 11) is 1.83. The van der Waals surface area contributed by atoms with E-state index in [0.717, 1.165) is 39.7 Å². The number of carbonyl (C=O) groups excluding carboxylic acids is 1. The van der Waals surface area contributed by atoms with Crippen LogP contribution < -0.4 is 10.1 Å². The van der Waals surface area contributed by atoms with Crippen LogP contribution in [0.15, 0.2) is 35.0 Å². The summed E-state index contributed by atoms with van der Waals surface area (Å²) in [5.74, 6) is 2.32. The van der Waals surface area contributed by atoms with Gasteiger partial charge in [0.1, 0.15) is 23.9 Å². The minimum absolute atomic E-state index is 0.00376. The Hall–Kier alpha value is -3.09. The van der Waals surface area contributed by atoms with Gasteiger partial charge in [0.2, 0.25) is 5.91 Å². The topological polar surface area (TPSA) is 82.2 Å². The summed E-state index contributed by atoms with van der Waals surface area (Å²) >= 11 is 0. The average molecular weight is 352 g/mol. The third-order valence-electron chi connectivity index (χ3n) is 4.84. The molecule has 0 aliphatic carbocycles. The van der Waals surface area contributed by atoms with E-state index in [2.05, 4.69) is 15.6 Å². The zero-order valence-electron chi connectivity index (χ0n) is 14.9. The van der Waals surface area contributed by atoms with E-state index in [-0.39, 0.29) is 11.8 Å². The lowest BCUT2D eigenvalue weighted by molar-refractivity contribution is -0.116. The molecule has 1 aliphatic heterocycles. The third-order valence-corrected chi connectivity index (χ3v) is 4.84. The van der Waals surface area contributed by atoms with Crippen molar-refractivity contribution in [3.63, 3.8) is 0 Å². The lowest BCUT2D eigenvalue weighted by atomic mass is 9.87. The molecule has 0 spiro atoms. The number of nitrogens with one attached hydrogen (secondary N) is 1. The van der Waals surface area contributed by atoms with Crippen LogP contribution in [0.5, 0.6) is 5.75 Å². The maximum atomic E-state index is 12.0. The van der Waals surface area contributed by atoms with Crippen LogP contribution in [0.25, 0.3) is 0 Å². The first-order valence-electron chi connectivity index (χ1n) is 8.49. The summed E-state index contributed by atoms with van der Waals surface area (Å²) < 4.78 is 12.7. The largest absolute Gasteiger partial charge is 0.489 e. The van der Waals surface area contributed by atoms with Gasteiger partial charge >= 0.3 is 0 Å². The molecule has 2 aromatic heterocycles. The van der Waals surface area contributed by atoms with Crippen molar-refractivity contribution >= 4 is 11.7 Å². The highest BCUT2D eigenvalue weighted by atomic mass is 16.5. The van der Waals surface area contributed by atoms with Crippen LogP contribution in [-0.4, -0.2) is 20.8 Å². The van der Waals surface area contributed by atoms with Gasteiger partial charge < -0.3 is 14.6 Å². The first kappa shape index (κ1) is 16.4. The summed E-state index contributed by atoms with van der Waals surface area (Å²) in [6.45, 7) is 4.19. The predicted octanol–water partition coefficient (Wildman–Crippen LogP) is 3.08. The number of aryl methyl sites for hydroxylation is 3. The highest BCUT2D eigenvalue weighted by molar-refractivity contribution is 5.94. The van der Waals surface area contributed by atoms with E-state index in [1.54, 1.807) is 4.68 Å². The van der Waals surface area contributed by atoms with Crippen molar-refractivity contribution in [2.24, 2.45) is 7.05 Å². The number of benzene rings is 1. The number of carbonyl (C=O) groups is 1. The van der Waals surface area contributed by atoms with Crippen LogP contribution in [-0.2, 0) is 18.4 Å². The normalized spacial score (nSPS) is 16.3. The van der Waals surface area contributed by atoms with E-state index < -0.39 is 0 Å². The number of aromatic nitrogens is 3. The van der Waals surface area contributed by atoms with E-state index in [9.17, 15) is 4.79 Å². The first-order valence-corrected chi connectivity index (χ1v) is 8.49. The Labute approximate surface area is 150 Å². The van der Waals surface area contributed by atoms with Gasteiger partial charge in [-0.05, 0) is 31.5 Å². The molecular formula is C19H20N4O3. The van der Waals surface area contributed by atoms with Crippen molar-refractivity contribution in [1.82, 2.24) is 14.9 Å². The van der Waals surface area contributed by atoms with E-state index >= 15 is 0 Å². The van der Waals surface area contributed by atoms with Gasteiger partial charge in [-0.3, -0.25) is 9.48 Å². The monoisotopic (exact) mass is 352 g/mol. The summed E-state index contributed by atoms with van der Waals surface area (Å²) in [5, 5.41) is 11.1. The number of fused-ring (bicyclic) bond motifs is 1. The highest BCUT2D eigenvalue weighted by Crippen LogP contribution is 2.37. The van der Waals surface area contributed by atoms with E-state index in [4.69, 9.17) is 9.26 Å². The molecule has 0 fully saturated rings. The van der Waals surface area contributed by atoms with Crippen molar-refractivity contribution in [3.05, 3.63) is 58.6 Å². The molecule has 1 atom stereocenters. The summed E-state index contributed by atoms with van der Waals surface area (Å²) in [6, 6.07) is 7.86. The quantitative estimate of drug-likeness (QED) is 0.780. The highest BCUT2D eigenvalue weighted by Gasteiger charge is 2.29. The van der Waals surface area contributed by atoms with Crippen LogP contribution in [0.2, 0.25) is 0 Å². The zero-order chi connectivity index (χ0) is 18.3. The third kappa shape index (κ3) is 2.85. The molecule has 1 aliphatic rings. The van der Waals surface area contributed by atoms with Gasteiger partial charge in [-0.1, -0.05) is 17.3 Å².